The number of nitrogens with one attached hydrogen (secondary N) is 1. The van der Waals surface area contributed by atoms with Crippen LogP contribution in [-0.4, -0.2) is 62.6 Å². The van der Waals surface area contributed by atoms with Crippen molar-refractivity contribution in [1.29, 1.82) is 0 Å². The fourth-order valence-corrected chi connectivity index (χ4v) is 3.66. The topological polar surface area (TPSA) is 118 Å². The molecular formula is C11H15BrLiNO6S2. The number of benzene rings is 1. The third-order valence-electron chi connectivity index (χ3n) is 2.49. The van der Waals surface area contributed by atoms with Gasteiger partial charge in [0, 0.05) is 6.54 Å². The van der Waals surface area contributed by atoms with Crippen LogP contribution in [-0.2, 0) is 24.7 Å². The first-order chi connectivity index (χ1) is 9.54. The number of carbonyl (C=O) groups excluding carboxylic acids is 1. The van der Waals surface area contributed by atoms with Crippen LogP contribution in [0.4, 0.5) is 0 Å². The number of alkyl halides is 1. The molecule has 11 heteroatoms. The van der Waals surface area contributed by atoms with E-state index in [0.29, 0.717) is 0 Å². The molecule has 0 aliphatic rings. The quantitative estimate of drug-likeness (QED) is 0.384. The van der Waals surface area contributed by atoms with Gasteiger partial charge in [0.15, 0.2) is 14.0 Å². The summed E-state index contributed by atoms with van der Waals surface area (Å²) >= 11 is 2.79. The Morgan fingerprint density at radius 3 is 2.18 bits per heavy atom. The van der Waals surface area contributed by atoms with Crippen molar-refractivity contribution in [2.45, 2.75) is 16.0 Å². The first-order valence-electron chi connectivity index (χ1n) is 5.71. The molecule has 0 aliphatic carbocycles. The molecule has 1 atom stereocenters. The average molecular weight is 408 g/mol. The van der Waals surface area contributed by atoms with E-state index in [0.717, 1.165) is 5.56 Å². The molecule has 0 aliphatic heterocycles. The summed E-state index contributed by atoms with van der Waals surface area (Å²) in [6.45, 7) is 1.41. The van der Waals surface area contributed by atoms with Gasteiger partial charge in [-0.2, -0.15) is 8.42 Å². The molecule has 1 unspecified atom stereocenters. The zero-order valence-corrected chi connectivity index (χ0v) is 14.2. The van der Waals surface area contributed by atoms with E-state index in [1.807, 2.05) is 0 Å². The van der Waals surface area contributed by atoms with E-state index >= 15 is 0 Å². The number of amides is 1. The first-order valence-corrected chi connectivity index (χ1v) is 9.78. The maximum absolute atomic E-state index is 12.2. The molecular weight excluding hydrogens is 393 g/mol. The molecule has 22 heavy (non-hydrogen) atoms. The zero-order chi connectivity index (χ0) is 16.3. The minimum atomic E-state index is -4.22. The van der Waals surface area contributed by atoms with Crippen LogP contribution < -0.4 is 5.32 Å². The van der Waals surface area contributed by atoms with Gasteiger partial charge in [0.25, 0.3) is 10.1 Å². The molecule has 120 valence electrons. The molecule has 0 spiro atoms. The Kier molecular flexibility index (Phi) is 8.33. The Bertz CT molecular complexity index is 717. The molecule has 0 saturated heterocycles. The van der Waals surface area contributed by atoms with Crippen LogP contribution in [0, 0.1) is 6.92 Å². The Balaban J connectivity index is 0.00000441. The SMILES string of the molecule is Cc1ccc(S(=O)(=O)C(Br)C(=O)NCCS(=O)(=O)O)cc1.[LiH]. The molecule has 0 bridgehead atoms. The Morgan fingerprint density at radius 1 is 1.23 bits per heavy atom. The maximum atomic E-state index is 12.2. The van der Waals surface area contributed by atoms with Crippen LogP contribution in [0.3, 0.4) is 0 Å². The number of hydrogen-bond donors (Lipinski definition) is 2. The molecule has 7 nitrogen and oxygen atoms in total. The van der Waals surface area contributed by atoms with E-state index < -0.39 is 35.8 Å². The van der Waals surface area contributed by atoms with E-state index in [-0.39, 0.29) is 30.3 Å². The van der Waals surface area contributed by atoms with E-state index in [2.05, 4.69) is 21.2 Å². The van der Waals surface area contributed by atoms with Crippen LogP contribution in [0.1, 0.15) is 5.56 Å². The predicted molar refractivity (Wildman–Crippen MR) is 87.7 cm³/mol. The summed E-state index contributed by atoms with van der Waals surface area (Å²) in [5, 5.41) is 2.12. The second kappa shape index (κ2) is 8.47. The standard InChI is InChI=1S/C11H14BrNO6S2.Li.H/c1-8-2-4-9(5-3-8)21(18,19)10(12)11(14)13-6-7-20(15,16)17;;/h2-5,10H,6-7H2,1H3,(H,13,14)(H,15,16,17);;. The average Bonchev–Trinajstić information content (AvgIpc) is 2.36. The third-order valence-corrected chi connectivity index (χ3v) is 6.79. The molecule has 0 fully saturated rings. The van der Waals surface area contributed by atoms with Gasteiger partial charge in [-0.25, -0.2) is 8.42 Å². The summed E-state index contributed by atoms with van der Waals surface area (Å²) in [5.41, 5.74) is 0.873. The normalized spacial score (nSPS) is 13.0. The Hall–Kier alpha value is -0.373. The Labute approximate surface area is 149 Å². The molecule has 0 heterocycles. The van der Waals surface area contributed by atoms with Gasteiger partial charge in [-0.15, -0.1) is 0 Å². The second-order valence-electron chi connectivity index (χ2n) is 4.25. The molecule has 1 rings (SSSR count). The Morgan fingerprint density at radius 2 is 1.73 bits per heavy atom. The number of carbonyl (C=O) groups is 1. The van der Waals surface area contributed by atoms with Gasteiger partial charge in [0.05, 0.1) is 10.6 Å². The van der Waals surface area contributed by atoms with Gasteiger partial charge < -0.3 is 5.32 Å². The van der Waals surface area contributed by atoms with Crippen LogP contribution in [0.25, 0.3) is 0 Å². The molecule has 0 radical (unpaired) electrons. The van der Waals surface area contributed by atoms with Crippen molar-refractivity contribution >= 4 is 60.7 Å². The molecule has 0 aromatic heterocycles. The summed E-state index contributed by atoms with van der Waals surface area (Å²) < 4.78 is 52.3. The number of sulfone groups is 1. The van der Waals surface area contributed by atoms with Crippen molar-refractivity contribution in [2.75, 3.05) is 12.3 Å². The van der Waals surface area contributed by atoms with Crippen molar-refractivity contribution in [2.24, 2.45) is 0 Å². The predicted octanol–water partition coefficient (Wildman–Crippen LogP) is -0.155. The van der Waals surface area contributed by atoms with Crippen molar-refractivity contribution in [1.82, 2.24) is 5.32 Å². The number of halogens is 1. The van der Waals surface area contributed by atoms with Crippen molar-refractivity contribution in [3.63, 3.8) is 0 Å². The molecule has 1 aromatic rings. The van der Waals surface area contributed by atoms with E-state index in [1.54, 1.807) is 19.1 Å². The van der Waals surface area contributed by atoms with E-state index in [9.17, 15) is 21.6 Å². The zero-order valence-electron chi connectivity index (χ0n) is 11.0. The summed E-state index contributed by atoms with van der Waals surface area (Å²) in [5.74, 6) is -1.59. The van der Waals surface area contributed by atoms with Gasteiger partial charge in [-0.05, 0) is 19.1 Å². The first kappa shape index (κ1) is 21.6. The summed E-state index contributed by atoms with van der Waals surface area (Å²) in [4.78, 5) is 11.7. The van der Waals surface area contributed by atoms with Crippen LogP contribution in [0.15, 0.2) is 29.2 Å². The van der Waals surface area contributed by atoms with Gasteiger partial charge in [0.2, 0.25) is 5.91 Å². The number of hydrogen-bond acceptors (Lipinski definition) is 5. The van der Waals surface area contributed by atoms with Crippen molar-refractivity contribution in [3.8, 4) is 0 Å². The van der Waals surface area contributed by atoms with E-state index in [4.69, 9.17) is 4.55 Å². The second-order valence-corrected chi connectivity index (χ2v) is 9.38. The summed E-state index contributed by atoms with van der Waals surface area (Å²) in [6, 6.07) is 5.96. The van der Waals surface area contributed by atoms with Crippen LogP contribution in [0.2, 0.25) is 0 Å². The number of aryl methyl sites for hydroxylation is 1. The molecule has 0 saturated carbocycles. The van der Waals surface area contributed by atoms with Crippen LogP contribution >= 0.6 is 15.9 Å². The molecule has 1 amide bonds. The monoisotopic (exact) mass is 407 g/mol. The third kappa shape index (κ3) is 6.40. The van der Waals surface area contributed by atoms with Crippen LogP contribution in [0.5, 0.6) is 0 Å². The minimum absolute atomic E-state index is 0. The fourth-order valence-electron chi connectivity index (χ4n) is 1.37. The van der Waals surface area contributed by atoms with Gasteiger partial charge in [-0.1, -0.05) is 33.6 Å². The van der Waals surface area contributed by atoms with Crippen molar-refractivity contribution < 1.29 is 26.2 Å². The van der Waals surface area contributed by atoms with Gasteiger partial charge in [0.1, 0.15) is 0 Å². The fraction of sp³-hybridized carbons (Fsp3) is 0.364. The van der Waals surface area contributed by atoms with Crippen molar-refractivity contribution in [3.05, 3.63) is 29.8 Å². The van der Waals surface area contributed by atoms with E-state index in [1.165, 1.54) is 12.1 Å². The van der Waals surface area contributed by atoms with Gasteiger partial charge >= 0.3 is 18.9 Å². The molecule has 1 aromatic carbocycles. The molecule has 2 N–H and O–H groups in total. The van der Waals surface area contributed by atoms with Gasteiger partial charge in [-0.3, -0.25) is 9.35 Å². The number of rotatable bonds is 6. The summed E-state index contributed by atoms with van der Waals surface area (Å²) in [6.07, 6.45) is 0. The summed E-state index contributed by atoms with van der Waals surface area (Å²) in [7, 11) is -8.15.